The molecule has 0 saturated carbocycles. The second kappa shape index (κ2) is 7.41. The zero-order chi connectivity index (χ0) is 15.2. The van der Waals surface area contributed by atoms with Crippen LogP contribution in [0.4, 0.5) is 5.69 Å². The zero-order valence-corrected chi connectivity index (χ0v) is 14.3. The molecule has 0 aliphatic carbocycles. The maximum absolute atomic E-state index is 11.7. The van der Waals surface area contributed by atoms with Crippen molar-refractivity contribution in [1.82, 2.24) is 0 Å². The Bertz CT molecular complexity index is 656. The van der Waals surface area contributed by atoms with Crippen LogP contribution in [0.25, 0.3) is 0 Å². The normalized spacial score (nSPS) is 11.2. The first kappa shape index (κ1) is 15.8. The number of carbonyl (C=O) groups excluding carboxylic acids is 1. The average molecular weight is 415 g/mol. The van der Waals surface area contributed by atoms with Crippen LogP contribution in [0.3, 0.4) is 0 Å². The molecule has 1 amide bonds. The Balaban J connectivity index is 1.85. The van der Waals surface area contributed by atoms with Gasteiger partial charge in [-0.05, 0) is 58.7 Å². The first-order chi connectivity index (χ1) is 10.1. The smallest absolute Gasteiger partial charge is 0.265 e. The van der Waals surface area contributed by atoms with E-state index < -0.39 is 0 Å². The van der Waals surface area contributed by atoms with Gasteiger partial charge in [-0.15, -0.1) is 11.3 Å². The van der Waals surface area contributed by atoms with Crippen molar-refractivity contribution in [2.75, 3.05) is 11.9 Å². The summed E-state index contributed by atoms with van der Waals surface area (Å²) in [5.74, 6) is -0.0138. The van der Waals surface area contributed by atoms with Crippen LogP contribution in [0.2, 0.25) is 0 Å². The minimum Gasteiger partial charge on any atom is -0.384 e. The van der Waals surface area contributed by atoms with Crippen molar-refractivity contribution >= 4 is 51.4 Å². The summed E-state index contributed by atoms with van der Waals surface area (Å²) in [5.41, 5.74) is 7.61. The average Bonchev–Trinajstić information content (AvgIpc) is 2.97. The van der Waals surface area contributed by atoms with E-state index in [1.165, 1.54) is 11.3 Å². The van der Waals surface area contributed by atoms with E-state index in [-0.39, 0.29) is 18.3 Å². The van der Waals surface area contributed by atoms with Crippen LogP contribution >= 0.6 is 33.9 Å². The van der Waals surface area contributed by atoms with Crippen molar-refractivity contribution in [3.05, 3.63) is 49.7 Å². The van der Waals surface area contributed by atoms with Gasteiger partial charge >= 0.3 is 0 Å². The molecule has 5 nitrogen and oxygen atoms in total. The first-order valence-electron chi connectivity index (χ1n) is 6.11. The molecule has 21 heavy (non-hydrogen) atoms. The van der Waals surface area contributed by atoms with E-state index >= 15 is 0 Å². The lowest BCUT2D eigenvalue weighted by molar-refractivity contribution is -0.120. The van der Waals surface area contributed by atoms with Gasteiger partial charge in [-0.25, -0.2) is 0 Å². The number of amides is 1. The minimum absolute atomic E-state index is 0.184. The van der Waals surface area contributed by atoms with Crippen LogP contribution in [0, 0.1) is 10.5 Å². The maximum Gasteiger partial charge on any atom is 0.265 e. The van der Waals surface area contributed by atoms with Crippen molar-refractivity contribution in [1.29, 1.82) is 0 Å². The molecule has 1 heterocycles. The van der Waals surface area contributed by atoms with E-state index in [2.05, 4.69) is 33.1 Å². The third-order valence-corrected chi connectivity index (χ3v) is 4.64. The first-order valence-corrected chi connectivity index (χ1v) is 8.07. The largest absolute Gasteiger partial charge is 0.384 e. The summed E-state index contributed by atoms with van der Waals surface area (Å²) in [6.45, 7) is 1.83. The number of hydrogen-bond acceptors (Lipinski definition) is 4. The van der Waals surface area contributed by atoms with Gasteiger partial charge in [0.05, 0.1) is 4.88 Å². The number of benzene rings is 1. The number of rotatable bonds is 5. The van der Waals surface area contributed by atoms with E-state index in [4.69, 9.17) is 10.6 Å². The third-order valence-electron chi connectivity index (χ3n) is 2.59. The van der Waals surface area contributed by atoms with Crippen LogP contribution in [0.15, 0.2) is 40.9 Å². The van der Waals surface area contributed by atoms with Crippen molar-refractivity contribution in [3.63, 3.8) is 0 Å². The summed E-state index contributed by atoms with van der Waals surface area (Å²) in [7, 11) is 0. The quantitative estimate of drug-likeness (QED) is 0.341. The highest BCUT2D eigenvalue weighted by Gasteiger charge is 2.05. The topological polar surface area (TPSA) is 76.7 Å². The molecule has 1 aromatic heterocycles. The van der Waals surface area contributed by atoms with E-state index in [1.54, 1.807) is 0 Å². The number of nitrogens with one attached hydrogen (secondary N) is 1. The fourth-order valence-electron chi connectivity index (χ4n) is 1.50. The fourth-order valence-corrected chi connectivity index (χ4v) is 2.63. The summed E-state index contributed by atoms with van der Waals surface area (Å²) >= 11 is 3.68. The molecule has 7 heteroatoms. The lowest BCUT2D eigenvalue weighted by atomic mass is 10.2. The lowest BCUT2D eigenvalue weighted by Gasteiger charge is -2.06. The third kappa shape index (κ3) is 4.71. The minimum atomic E-state index is -0.280. The zero-order valence-electron chi connectivity index (χ0n) is 11.3. The SMILES string of the molecule is Cc1ccc(NC(=O)CO/N=C(\N)c2cccs2)cc1I. The molecule has 3 N–H and O–H groups in total. The number of oxime groups is 1. The van der Waals surface area contributed by atoms with E-state index in [0.717, 1.165) is 19.7 Å². The van der Waals surface area contributed by atoms with Gasteiger partial charge < -0.3 is 15.9 Å². The summed E-state index contributed by atoms with van der Waals surface area (Å²) < 4.78 is 1.09. The van der Waals surface area contributed by atoms with Gasteiger partial charge in [0.15, 0.2) is 12.4 Å². The number of amidine groups is 1. The molecular weight excluding hydrogens is 401 g/mol. The fraction of sp³-hybridized carbons (Fsp3) is 0.143. The Morgan fingerprint density at radius 1 is 1.48 bits per heavy atom. The van der Waals surface area contributed by atoms with Crippen LogP contribution < -0.4 is 11.1 Å². The molecule has 0 aliphatic rings. The second-order valence-electron chi connectivity index (χ2n) is 4.24. The Kier molecular flexibility index (Phi) is 5.57. The van der Waals surface area contributed by atoms with E-state index in [9.17, 15) is 4.79 Å². The van der Waals surface area contributed by atoms with Crippen LogP contribution in [0.5, 0.6) is 0 Å². The summed E-state index contributed by atoms with van der Waals surface area (Å²) in [6.07, 6.45) is 0. The number of anilines is 1. The number of hydrogen-bond donors (Lipinski definition) is 2. The lowest BCUT2D eigenvalue weighted by Crippen LogP contribution is -2.19. The van der Waals surface area contributed by atoms with E-state index in [1.807, 2.05) is 42.6 Å². The molecule has 0 fully saturated rings. The number of nitrogens with two attached hydrogens (primary N) is 1. The van der Waals surface area contributed by atoms with Gasteiger partial charge in [-0.3, -0.25) is 4.79 Å². The molecule has 0 aliphatic heterocycles. The van der Waals surface area contributed by atoms with Gasteiger partial charge in [0, 0.05) is 9.26 Å². The van der Waals surface area contributed by atoms with Crippen molar-refractivity contribution in [3.8, 4) is 0 Å². The van der Waals surface area contributed by atoms with Crippen molar-refractivity contribution < 1.29 is 9.63 Å². The summed E-state index contributed by atoms with van der Waals surface area (Å²) in [5, 5.41) is 8.36. The molecule has 2 aromatic rings. The molecule has 110 valence electrons. The van der Waals surface area contributed by atoms with Crippen LogP contribution in [0.1, 0.15) is 10.4 Å². The second-order valence-corrected chi connectivity index (χ2v) is 6.35. The number of aryl methyl sites for hydroxylation is 1. The number of halogens is 1. The predicted molar refractivity (Wildman–Crippen MR) is 93.5 cm³/mol. The Hall–Kier alpha value is -1.61. The number of thiophene rings is 1. The predicted octanol–water partition coefficient (Wildman–Crippen LogP) is 2.94. The Morgan fingerprint density at radius 2 is 2.29 bits per heavy atom. The van der Waals surface area contributed by atoms with Crippen LogP contribution in [-0.2, 0) is 9.63 Å². The van der Waals surface area contributed by atoms with Crippen molar-refractivity contribution in [2.24, 2.45) is 10.9 Å². The molecule has 0 spiro atoms. The molecule has 0 bridgehead atoms. The Morgan fingerprint density at radius 3 is 2.95 bits per heavy atom. The summed E-state index contributed by atoms with van der Waals surface area (Å²) in [4.78, 5) is 17.5. The maximum atomic E-state index is 11.7. The molecule has 1 aromatic carbocycles. The van der Waals surface area contributed by atoms with Gasteiger partial charge in [-0.1, -0.05) is 17.3 Å². The molecule has 2 rings (SSSR count). The molecular formula is C14H14IN3O2S. The molecule has 0 saturated heterocycles. The molecule has 0 unspecified atom stereocenters. The highest BCUT2D eigenvalue weighted by molar-refractivity contribution is 14.1. The standard InChI is InChI=1S/C14H14IN3O2S/c1-9-4-5-10(7-11(9)15)17-13(19)8-20-18-14(16)12-3-2-6-21-12/h2-7H,8H2,1H3,(H2,16,18)(H,17,19). The van der Waals surface area contributed by atoms with Gasteiger partial charge in [0.1, 0.15) is 0 Å². The molecule has 0 atom stereocenters. The highest BCUT2D eigenvalue weighted by atomic mass is 127. The Labute approximate surface area is 140 Å². The molecule has 0 radical (unpaired) electrons. The summed E-state index contributed by atoms with van der Waals surface area (Å²) in [6, 6.07) is 9.40. The van der Waals surface area contributed by atoms with Gasteiger partial charge in [-0.2, -0.15) is 0 Å². The number of carbonyl (C=O) groups is 1. The number of nitrogens with zero attached hydrogens (tertiary/aromatic N) is 1. The van der Waals surface area contributed by atoms with E-state index in [0.29, 0.717) is 0 Å². The van der Waals surface area contributed by atoms with Crippen molar-refractivity contribution in [2.45, 2.75) is 6.92 Å². The monoisotopic (exact) mass is 415 g/mol. The highest BCUT2D eigenvalue weighted by Crippen LogP contribution is 2.16. The van der Waals surface area contributed by atoms with Gasteiger partial charge in [0.2, 0.25) is 0 Å². The van der Waals surface area contributed by atoms with Crippen LogP contribution in [-0.4, -0.2) is 18.3 Å². The van der Waals surface area contributed by atoms with Gasteiger partial charge in [0.25, 0.3) is 5.91 Å².